The molecule has 5 heteroatoms. The van der Waals surface area contributed by atoms with Crippen molar-refractivity contribution >= 4 is 5.91 Å². The van der Waals surface area contributed by atoms with Crippen LogP contribution in [0, 0.1) is 6.92 Å². The van der Waals surface area contributed by atoms with Gasteiger partial charge in [-0.2, -0.15) is 0 Å². The lowest BCUT2D eigenvalue weighted by atomic mass is 10.1. The molecule has 1 N–H and O–H groups in total. The first-order valence-electron chi connectivity index (χ1n) is 7.81. The van der Waals surface area contributed by atoms with Gasteiger partial charge in [0.15, 0.2) is 11.5 Å². The number of amides is 1. The van der Waals surface area contributed by atoms with E-state index < -0.39 is 0 Å². The monoisotopic (exact) mass is 329 g/mol. The van der Waals surface area contributed by atoms with Gasteiger partial charge in [0.25, 0.3) is 5.91 Å². The smallest absolute Gasteiger partial charge is 0.251 e. The zero-order valence-corrected chi connectivity index (χ0v) is 14.5. The summed E-state index contributed by atoms with van der Waals surface area (Å²) in [5.74, 6) is 1.97. The fraction of sp³-hybridized carbons (Fsp3) is 0.316. The molecule has 5 nitrogen and oxygen atoms in total. The Morgan fingerprint density at radius 1 is 1.00 bits per heavy atom. The Balaban J connectivity index is 2.04. The molecule has 0 bridgehead atoms. The predicted molar refractivity (Wildman–Crippen MR) is 93.1 cm³/mol. The van der Waals surface area contributed by atoms with E-state index in [2.05, 4.69) is 5.32 Å². The van der Waals surface area contributed by atoms with E-state index in [9.17, 15) is 4.79 Å². The number of methoxy groups -OCH3 is 2. The quantitative estimate of drug-likeness (QED) is 0.846. The van der Waals surface area contributed by atoms with E-state index in [-0.39, 0.29) is 5.91 Å². The van der Waals surface area contributed by atoms with Crippen molar-refractivity contribution in [2.75, 3.05) is 20.8 Å². The van der Waals surface area contributed by atoms with Gasteiger partial charge in [0.2, 0.25) is 0 Å². The van der Waals surface area contributed by atoms with Crippen molar-refractivity contribution in [3.63, 3.8) is 0 Å². The summed E-state index contributed by atoms with van der Waals surface area (Å²) in [5.41, 5.74) is 2.48. The molecule has 0 fully saturated rings. The molecule has 1 amide bonds. The summed E-state index contributed by atoms with van der Waals surface area (Å²) in [6.45, 7) is 4.87. The van der Waals surface area contributed by atoms with Crippen molar-refractivity contribution < 1.29 is 19.0 Å². The third-order valence-corrected chi connectivity index (χ3v) is 3.64. The Bertz CT molecular complexity index is 713. The van der Waals surface area contributed by atoms with Gasteiger partial charge in [-0.15, -0.1) is 0 Å². The van der Waals surface area contributed by atoms with E-state index in [0.717, 1.165) is 16.9 Å². The predicted octanol–water partition coefficient (Wildman–Crippen LogP) is 3.34. The third-order valence-electron chi connectivity index (χ3n) is 3.64. The molecule has 0 aromatic heterocycles. The van der Waals surface area contributed by atoms with Crippen molar-refractivity contribution in [2.45, 2.75) is 20.4 Å². The number of benzene rings is 2. The van der Waals surface area contributed by atoms with Crippen molar-refractivity contribution in [3.8, 4) is 17.2 Å². The molecule has 0 aliphatic rings. The standard InChI is InChI=1S/C19H23NO4/c1-5-24-16-9-7-15(10-13(16)2)19(21)20-12-14-6-8-17(22-3)18(11-14)23-4/h6-11H,5,12H2,1-4H3,(H,20,21). The van der Waals surface area contributed by atoms with Crippen molar-refractivity contribution in [1.82, 2.24) is 5.32 Å². The van der Waals surface area contributed by atoms with Crippen LogP contribution in [0.15, 0.2) is 36.4 Å². The molecule has 2 aromatic carbocycles. The minimum absolute atomic E-state index is 0.129. The number of rotatable bonds is 7. The lowest BCUT2D eigenvalue weighted by molar-refractivity contribution is 0.0950. The second kappa shape index (κ2) is 8.24. The molecule has 0 spiro atoms. The number of aryl methyl sites for hydroxylation is 1. The van der Waals surface area contributed by atoms with Gasteiger partial charge in [0, 0.05) is 12.1 Å². The highest BCUT2D eigenvalue weighted by molar-refractivity contribution is 5.94. The molecule has 0 aliphatic heterocycles. The summed E-state index contributed by atoms with van der Waals surface area (Å²) in [5, 5.41) is 2.91. The second-order valence-corrected chi connectivity index (χ2v) is 5.29. The highest BCUT2D eigenvalue weighted by Gasteiger charge is 2.09. The molecule has 0 saturated carbocycles. The Morgan fingerprint density at radius 3 is 2.33 bits per heavy atom. The van der Waals surface area contributed by atoms with Gasteiger partial charge in [0.05, 0.1) is 20.8 Å². The minimum Gasteiger partial charge on any atom is -0.494 e. The summed E-state index contributed by atoms with van der Waals surface area (Å²) < 4.78 is 16.0. The maximum absolute atomic E-state index is 12.3. The number of nitrogens with one attached hydrogen (secondary N) is 1. The first-order chi connectivity index (χ1) is 11.6. The fourth-order valence-electron chi connectivity index (χ4n) is 2.38. The normalized spacial score (nSPS) is 10.2. The maximum Gasteiger partial charge on any atom is 0.251 e. The molecular formula is C19H23NO4. The third kappa shape index (κ3) is 4.19. The molecule has 0 saturated heterocycles. The first kappa shape index (κ1) is 17.7. The molecule has 128 valence electrons. The highest BCUT2D eigenvalue weighted by atomic mass is 16.5. The van der Waals surface area contributed by atoms with Crippen LogP contribution in [0.2, 0.25) is 0 Å². The summed E-state index contributed by atoms with van der Waals surface area (Å²) in [4.78, 5) is 12.3. The Kier molecular flexibility index (Phi) is 6.07. The van der Waals surface area contributed by atoms with E-state index in [0.29, 0.717) is 30.2 Å². The number of hydrogen-bond acceptors (Lipinski definition) is 4. The van der Waals surface area contributed by atoms with Crippen LogP contribution in [0.5, 0.6) is 17.2 Å². The molecule has 0 atom stereocenters. The molecule has 0 unspecified atom stereocenters. The molecular weight excluding hydrogens is 306 g/mol. The number of ether oxygens (including phenoxy) is 3. The van der Waals surface area contributed by atoms with Crippen LogP contribution in [0.3, 0.4) is 0 Å². The average Bonchev–Trinajstić information content (AvgIpc) is 2.61. The minimum atomic E-state index is -0.129. The van der Waals surface area contributed by atoms with Crippen LogP contribution in [-0.2, 0) is 6.54 Å². The molecule has 2 aromatic rings. The zero-order chi connectivity index (χ0) is 17.5. The maximum atomic E-state index is 12.3. The van der Waals surface area contributed by atoms with Crippen molar-refractivity contribution in [1.29, 1.82) is 0 Å². The summed E-state index contributed by atoms with van der Waals surface area (Å²) in [6.07, 6.45) is 0. The van der Waals surface area contributed by atoms with Crippen LogP contribution in [-0.4, -0.2) is 26.7 Å². The Morgan fingerprint density at radius 2 is 1.71 bits per heavy atom. The highest BCUT2D eigenvalue weighted by Crippen LogP contribution is 2.27. The topological polar surface area (TPSA) is 56.8 Å². The van der Waals surface area contributed by atoms with Gasteiger partial charge in [-0.05, 0) is 55.3 Å². The first-order valence-corrected chi connectivity index (χ1v) is 7.81. The molecule has 0 radical (unpaired) electrons. The van der Waals surface area contributed by atoms with Gasteiger partial charge < -0.3 is 19.5 Å². The molecule has 0 aliphatic carbocycles. The van der Waals surface area contributed by atoms with Crippen molar-refractivity contribution in [3.05, 3.63) is 53.1 Å². The number of carbonyl (C=O) groups is 1. The largest absolute Gasteiger partial charge is 0.494 e. The van der Waals surface area contributed by atoms with Gasteiger partial charge >= 0.3 is 0 Å². The van der Waals surface area contributed by atoms with Crippen LogP contribution in [0.4, 0.5) is 0 Å². The molecule has 24 heavy (non-hydrogen) atoms. The SMILES string of the molecule is CCOc1ccc(C(=O)NCc2ccc(OC)c(OC)c2)cc1C. The summed E-state index contributed by atoms with van der Waals surface area (Å²) in [7, 11) is 3.18. The van der Waals surface area contributed by atoms with E-state index in [1.807, 2.05) is 44.2 Å². The van der Waals surface area contributed by atoms with Crippen LogP contribution < -0.4 is 19.5 Å². The molecule has 2 rings (SSSR count). The van der Waals surface area contributed by atoms with Gasteiger partial charge in [0.1, 0.15) is 5.75 Å². The number of carbonyl (C=O) groups excluding carboxylic acids is 1. The summed E-state index contributed by atoms with van der Waals surface area (Å²) >= 11 is 0. The Hall–Kier alpha value is -2.69. The van der Waals surface area contributed by atoms with E-state index >= 15 is 0 Å². The van der Waals surface area contributed by atoms with E-state index in [1.54, 1.807) is 20.3 Å². The van der Waals surface area contributed by atoms with Crippen LogP contribution in [0.25, 0.3) is 0 Å². The fourth-order valence-corrected chi connectivity index (χ4v) is 2.38. The summed E-state index contributed by atoms with van der Waals surface area (Å²) in [6, 6.07) is 11.0. The van der Waals surface area contributed by atoms with Crippen LogP contribution >= 0.6 is 0 Å². The van der Waals surface area contributed by atoms with E-state index in [1.165, 1.54) is 0 Å². The van der Waals surface area contributed by atoms with Gasteiger partial charge in [-0.1, -0.05) is 6.07 Å². The lowest BCUT2D eigenvalue weighted by Gasteiger charge is -2.11. The Labute approximate surface area is 142 Å². The average molecular weight is 329 g/mol. The van der Waals surface area contributed by atoms with E-state index in [4.69, 9.17) is 14.2 Å². The van der Waals surface area contributed by atoms with Crippen LogP contribution in [0.1, 0.15) is 28.4 Å². The second-order valence-electron chi connectivity index (χ2n) is 5.29. The number of hydrogen-bond donors (Lipinski definition) is 1. The lowest BCUT2D eigenvalue weighted by Crippen LogP contribution is -2.22. The molecule has 0 heterocycles. The van der Waals surface area contributed by atoms with Gasteiger partial charge in [-0.25, -0.2) is 0 Å². The van der Waals surface area contributed by atoms with Crippen molar-refractivity contribution in [2.24, 2.45) is 0 Å². The van der Waals surface area contributed by atoms with Gasteiger partial charge in [-0.3, -0.25) is 4.79 Å². The zero-order valence-electron chi connectivity index (χ0n) is 14.5.